The Hall–Kier alpha value is -3.15. The van der Waals surface area contributed by atoms with E-state index >= 15 is 0 Å². The lowest BCUT2D eigenvalue weighted by atomic mass is 10.3. The van der Waals surface area contributed by atoms with Crippen LogP contribution in [0.4, 0.5) is 0 Å². The van der Waals surface area contributed by atoms with E-state index in [2.05, 4.69) is 32.6 Å². The van der Waals surface area contributed by atoms with Crippen molar-refractivity contribution in [1.82, 2.24) is 25.4 Å². The number of hydrogen-bond acceptors (Lipinski definition) is 3. The fourth-order valence-electron chi connectivity index (χ4n) is 2.53. The van der Waals surface area contributed by atoms with Crippen LogP contribution in [0.3, 0.4) is 0 Å². The highest BCUT2D eigenvalue weighted by Gasteiger charge is 2.02. The third-order valence-corrected chi connectivity index (χ3v) is 3.82. The summed E-state index contributed by atoms with van der Waals surface area (Å²) >= 11 is 0. The minimum Gasteiger partial charge on any atom is -0.357 e. The second kappa shape index (κ2) is 9.36. The number of hydrogen-bond donors (Lipinski definition) is 2. The monoisotopic (exact) mass is 348 g/mol. The maximum Gasteiger partial charge on any atom is 0.191 e. The van der Waals surface area contributed by atoms with Gasteiger partial charge in [0.25, 0.3) is 0 Å². The first-order chi connectivity index (χ1) is 12.8. The van der Waals surface area contributed by atoms with Crippen LogP contribution < -0.4 is 10.6 Å². The standard InChI is InChI=1S/C20H24N6/c1-2-21-20(23-13-11-18-8-6-7-12-22-18)24-14-17-15-25-26(16-17)19-9-4-3-5-10-19/h3-10,12,15-16H,2,11,13-14H2,1H3,(H2,21,23,24). The first-order valence-corrected chi connectivity index (χ1v) is 8.86. The maximum atomic E-state index is 4.64. The van der Waals surface area contributed by atoms with Gasteiger partial charge in [0.05, 0.1) is 18.4 Å². The zero-order valence-electron chi connectivity index (χ0n) is 15.0. The van der Waals surface area contributed by atoms with E-state index in [0.717, 1.165) is 42.4 Å². The molecule has 0 unspecified atom stereocenters. The Bertz CT molecular complexity index is 811. The van der Waals surface area contributed by atoms with Crippen LogP contribution in [0.2, 0.25) is 0 Å². The molecule has 2 heterocycles. The number of para-hydroxylation sites is 1. The highest BCUT2D eigenvalue weighted by molar-refractivity contribution is 5.79. The van der Waals surface area contributed by atoms with Crippen molar-refractivity contribution in [3.63, 3.8) is 0 Å². The molecular formula is C20H24N6. The quantitative estimate of drug-likeness (QED) is 0.509. The van der Waals surface area contributed by atoms with Crippen LogP contribution in [0.1, 0.15) is 18.2 Å². The van der Waals surface area contributed by atoms with Crippen molar-refractivity contribution in [2.24, 2.45) is 4.99 Å². The molecule has 0 spiro atoms. The van der Waals surface area contributed by atoms with E-state index in [4.69, 9.17) is 0 Å². The molecular weight excluding hydrogens is 324 g/mol. The molecule has 0 fully saturated rings. The van der Waals surface area contributed by atoms with Gasteiger partial charge in [-0.1, -0.05) is 24.3 Å². The third-order valence-electron chi connectivity index (χ3n) is 3.82. The van der Waals surface area contributed by atoms with Crippen molar-refractivity contribution in [3.8, 4) is 5.69 Å². The molecule has 0 radical (unpaired) electrons. The van der Waals surface area contributed by atoms with Crippen molar-refractivity contribution >= 4 is 5.96 Å². The van der Waals surface area contributed by atoms with Gasteiger partial charge in [-0.25, -0.2) is 9.67 Å². The molecule has 1 aromatic carbocycles. The number of aromatic nitrogens is 3. The molecule has 134 valence electrons. The minimum atomic E-state index is 0.575. The van der Waals surface area contributed by atoms with Crippen molar-refractivity contribution in [2.75, 3.05) is 13.1 Å². The normalized spacial score (nSPS) is 11.3. The van der Waals surface area contributed by atoms with Gasteiger partial charge >= 0.3 is 0 Å². The smallest absolute Gasteiger partial charge is 0.191 e. The Morgan fingerprint density at radius 1 is 1.08 bits per heavy atom. The number of aliphatic imine (C=N–C) groups is 1. The third kappa shape index (κ3) is 5.17. The lowest BCUT2D eigenvalue weighted by Crippen LogP contribution is -2.38. The topological polar surface area (TPSA) is 67.1 Å². The summed E-state index contributed by atoms with van der Waals surface area (Å²) in [6.45, 7) is 4.24. The second-order valence-electron chi connectivity index (χ2n) is 5.82. The molecule has 0 saturated carbocycles. The molecule has 0 aliphatic rings. The van der Waals surface area contributed by atoms with Gasteiger partial charge in [0.2, 0.25) is 0 Å². The zero-order chi connectivity index (χ0) is 18.0. The predicted molar refractivity (Wildman–Crippen MR) is 104 cm³/mol. The molecule has 6 nitrogen and oxygen atoms in total. The Kier molecular flexibility index (Phi) is 6.36. The predicted octanol–water partition coefficient (Wildman–Crippen LogP) is 2.57. The van der Waals surface area contributed by atoms with Crippen molar-refractivity contribution in [1.29, 1.82) is 0 Å². The molecule has 2 aromatic heterocycles. The number of nitrogens with one attached hydrogen (secondary N) is 2. The summed E-state index contributed by atoms with van der Waals surface area (Å²) < 4.78 is 1.87. The molecule has 0 atom stereocenters. The molecule has 6 heteroatoms. The van der Waals surface area contributed by atoms with E-state index in [-0.39, 0.29) is 0 Å². The molecule has 2 N–H and O–H groups in total. The molecule has 0 amide bonds. The Labute approximate surface area is 154 Å². The maximum absolute atomic E-state index is 4.64. The number of rotatable bonds is 7. The average Bonchev–Trinajstić information content (AvgIpc) is 3.17. The van der Waals surface area contributed by atoms with Crippen LogP contribution in [0, 0.1) is 0 Å². The van der Waals surface area contributed by atoms with Crippen LogP contribution in [0.5, 0.6) is 0 Å². The van der Waals surface area contributed by atoms with Crippen molar-refractivity contribution in [3.05, 3.63) is 78.4 Å². The first kappa shape index (κ1) is 17.7. The van der Waals surface area contributed by atoms with Crippen LogP contribution in [-0.4, -0.2) is 33.8 Å². The summed E-state index contributed by atoms with van der Waals surface area (Å²) in [7, 11) is 0. The molecule has 3 rings (SSSR count). The van der Waals surface area contributed by atoms with E-state index in [9.17, 15) is 0 Å². The lowest BCUT2D eigenvalue weighted by Gasteiger charge is -2.10. The molecule has 3 aromatic rings. The van der Waals surface area contributed by atoms with Crippen molar-refractivity contribution in [2.45, 2.75) is 19.9 Å². The van der Waals surface area contributed by atoms with E-state index in [1.54, 1.807) is 0 Å². The summed E-state index contributed by atoms with van der Waals surface area (Å²) in [4.78, 5) is 8.98. The summed E-state index contributed by atoms with van der Waals surface area (Å²) in [5.41, 5.74) is 3.18. The number of nitrogens with zero attached hydrogens (tertiary/aromatic N) is 4. The largest absolute Gasteiger partial charge is 0.357 e. The van der Waals surface area contributed by atoms with Gasteiger partial charge in [-0.05, 0) is 31.2 Å². The molecule has 26 heavy (non-hydrogen) atoms. The fourth-order valence-corrected chi connectivity index (χ4v) is 2.53. The van der Waals surface area contributed by atoms with E-state index in [1.807, 2.05) is 71.8 Å². The fraction of sp³-hybridized carbons (Fsp3) is 0.250. The minimum absolute atomic E-state index is 0.575. The second-order valence-corrected chi connectivity index (χ2v) is 5.82. The van der Waals surface area contributed by atoms with E-state index < -0.39 is 0 Å². The summed E-state index contributed by atoms with van der Waals surface area (Å²) in [5, 5.41) is 11.0. The van der Waals surface area contributed by atoms with Crippen molar-refractivity contribution < 1.29 is 0 Å². The van der Waals surface area contributed by atoms with Crippen LogP contribution in [0.15, 0.2) is 72.1 Å². The van der Waals surface area contributed by atoms with Crippen LogP contribution in [-0.2, 0) is 13.0 Å². The van der Waals surface area contributed by atoms with Gasteiger partial charge in [-0.15, -0.1) is 0 Å². The number of benzene rings is 1. The van der Waals surface area contributed by atoms with Gasteiger partial charge < -0.3 is 10.6 Å². The van der Waals surface area contributed by atoms with Gasteiger partial charge in [0, 0.05) is 43.2 Å². The van der Waals surface area contributed by atoms with Gasteiger partial charge in [0.15, 0.2) is 5.96 Å². The summed E-state index contributed by atoms with van der Waals surface area (Å²) in [5.74, 6) is 0.802. The highest BCUT2D eigenvalue weighted by atomic mass is 15.3. The summed E-state index contributed by atoms with van der Waals surface area (Å²) in [6.07, 6.45) is 6.54. The molecule has 0 saturated heterocycles. The lowest BCUT2D eigenvalue weighted by molar-refractivity contribution is 0.788. The Morgan fingerprint density at radius 2 is 1.92 bits per heavy atom. The molecule has 0 aliphatic carbocycles. The zero-order valence-corrected chi connectivity index (χ0v) is 15.0. The SMILES string of the molecule is CCNC(=NCc1cnn(-c2ccccc2)c1)NCCc1ccccn1. The van der Waals surface area contributed by atoms with Crippen LogP contribution >= 0.6 is 0 Å². The van der Waals surface area contributed by atoms with Gasteiger partial charge in [-0.2, -0.15) is 5.10 Å². The number of guanidine groups is 1. The van der Waals surface area contributed by atoms with E-state index in [0.29, 0.717) is 6.54 Å². The highest BCUT2D eigenvalue weighted by Crippen LogP contribution is 2.08. The molecule has 0 bridgehead atoms. The first-order valence-electron chi connectivity index (χ1n) is 8.86. The average molecular weight is 348 g/mol. The van der Waals surface area contributed by atoms with Gasteiger partial charge in [-0.3, -0.25) is 4.98 Å². The summed E-state index contributed by atoms with van der Waals surface area (Å²) in [6, 6.07) is 16.0. The Balaban J connectivity index is 1.56. The molecule has 0 aliphatic heterocycles. The number of pyridine rings is 1. The Morgan fingerprint density at radius 3 is 2.69 bits per heavy atom. The van der Waals surface area contributed by atoms with Gasteiger partial charge in [0.1, 0.15) is 0 Å². The van der Waals surface area contributed by atoms with Crippen LogP contribution in [0.25, 0.3) is 5.69 Å². The van der Waals surface area contributed by atoms with E-state index in [1.165, 1.54) is 0 Å².